The highest BCUT2D eigenvalue weighted by Crippen LogP contribution is 2.18. The number of aromatic nitrogens is 3. The molecule has 0 saturated heterocycles. The molecule has 0 atom stereocenters. The first-order chi connectivity index (χ1) is 9.88. The van der Waals surface area contributed by atoms with Gasteiger partial charge in [0.05, 0.1) is 11.4 Å². The van der Waals surface area contributed by atoms with Crippen molar-refractivity contribution in [2.75, 3.05) is 0 Å². The van der Waals surface area contributed by atoms with E-state index in [9.17, 15) is 0 Å². The van der Waals surface area contributed by atoms with Crippen LogP contribution in [0.3, 0.4) is 0 Å². The average molecular weight is 284 g/mol. The Morgan fingerprint density at radius 1 is 1.10 bits per heavy atom. The normalized spacial score (nSPS) is 11.9. The van der Waals surface area contributed by atoms with Crippen LogP contribution in [0.2, 0.25) is 0 Å². The van der Waals surface area contributed by atoms with E-state index in [1.807, 2.05) is 54.6 Å². The van der Waals surface area contributed by atoms with Crippen molar-refractivity contribution in [3.63, 3.8) is 0 Å². The van der Waals surface area contributed by atoms with E-state index in [1.165, 1.54) is 11.8 Å². The number of fused-ring (bicyclic) bond motifs is 1. The summed E-state index contributed by atoms with van der Waals surface area (Å²) in [7, 11) is 0. The molecular formula is C14H12N4OS. The first-order valence-electron chi connectivity index (χ1n) is 6.07. The number of hydrogen-bond acceptors (Lipinski definition) is 5. The lowest BCUT2D eigenvalue weighted by Crippen LogP contribution is -2.02. The Kier molecular flexibility index (Phi) is 3.64. The molecule has 100 valence electrons. The molecule has 1 heterocycles. The smallest absolute Gasteiger partial charge is 0.144 e. The van der Waals surface area contributed by atoms with E-state index in [2.05, 4.69) is 15.5 Å². The number of oxime groups is 1. The largest absolute Gasteiger partial charge is 0.410 e. The molecule has 5 nitrogen and oxygen atoms in total. The topological polar surface area (TPSA) is 63.3 Å². The molecular weight excluding hydrogens is 272 g/mol. The highest BCUT2D eigenvalue weighted by molar-refractivity contribution is 8.13. The lowest BCUT2D eigenvalue weighted by molar-refractivity contribution is 0.321. The quantitative estimate of drug-likeness (QED) is 0.347. The maximum Gasteiger partial charge on any atom is 0.144 e. The average Bonchev–Trinajstić information content (AvgIpc) is 2.92. The van der Waals surface area contributed by atoms with Gasteiger partial charge in [0.15, 0.2) is 0 Å². The number of thioether (sulfide) groups is 1. The first-order valence-corrected chi connectivity index (χ1v) is 7.05. The molecule has 0 amide bonds. The molecule has 0 spiro atoms. The molecule has 20 heavy (non-hydrogen) atoms. The van der Waals surface area contributed by atoms with E-state index < -0.39 is 0 Å². The Morgan fingerprint density at radius 3 is 2.65 bits per heavy atom. The molecule has 1 aromatic heterocycles. The lowest BCUT2D eigenvalue weighted by atomic mass is 10.2. The van der Waals surface area contributed by atoms with Crippen LogP contribution in [0.15, 0.2) is 59.8 Å². The second kappa shape index (κ2) is 5.75. The van der Waals surface area contributed by atoms with E-state index in [-0.39, 0.29) is 0 Å². The fraction of sp³-hybridized carbons (Fsp3) is 0.0714. The second-order valence-corrected chi connectivity index (χ2v) is 5.06. The molecule has 6 heteroatoms. The molecule has 0 bridgehead atoms. The molecule has 0 radical (unpaired) electrons. The van der Waals surface area contributed by atoms with E-state index in [0.29, 0.717) is 10.9 Å². The van der Waals surface area contributed by atoms with Gasteiger partial charge in [0.25, 0.3) is 0 Å². The van der Waals surface area contributed by atoms with Crippen LogP contribution >= 0.6 is 11.8 Å². The molecule has 0 aliphatic rings. The molecule has 3 rings (SSSR count). The maximum absolute atomic E-state index is 9.14. The highest BCUT2D eigenvalue weighted by atomic mass is 32.2. The SMILES string of the molecule is O/N=C(\SCn1nnc2ccccc21)c1ccccc1. The Bertz CT molecular complexity index is 739. The zero-order valence-corrected chi connectivity index (χ0v) is 11.4. The number of rotatable bonds is 3. The maximum atomic E-state index is 9.14. The van der Waals surface area contributed by atoms with E-state index in [0.717, 1.165) is 16.6 Å². The zero-order chi connectivity index (χ0) is 13.8. The van der Waals surface area contributed by atoms with Crippen LogP contribution in [-0.4, -0.2) is 25.2 Å². The standard InChI is InChI=1S/C14H12N4OS/c19-16-14(11-6-2-1-3-7-11)20-10-18-13-9-5-4-8-12(13)15-17-18/h1-9,19H,10H2/b16-14-. The van der Waals surface area contributed by atoms with Gasteiger partial charge in [0, 0.05) is 5.56 Å². The summed E-state index contributed by atoms with van der Waals surface area (Å²) < 4.78 is 1.79. The number of para-hydroxylation sites is 1. The van der Waals surface area contributed by atoms with E-state index in [1.54, 1.807) is 4.68 Å². The third-order valence-electron chi connectivity index (χ3n) is 2.86. The number of hydrogen-bond donors (Lipinski definition) is 1. The predicted molar refractivity (Wildman–Crippen MR) is 79.9 cm³/mol. The fourth-order valence-corrected chi connectivity index (χ4v) is 2.68. The third-order valence-corrected chi connectivity index (χ3v) is 3.82. The number of benzene rings is 2. The van der Waals surface area contributed by atoms with Crippen molar-refractivity contribution in [1.29, 1.82) is 0 Å². The van der Waals surface area contributed by atoms with Crippen LogP contribution in [0.25, 0.3) is 11.0 Å². The monoisotopic (exact) mass is 284 g/mol. The summed E-state index contributed by atoms with van der Waals surface area (Å²) in [5.74, 6) is 0.537. The minimum Gasteiger partial charge on any atom is -0.410 e. The van der Waals surface area contributed by atoms with Gasteiger partial charge >= 0.3 is 0 Å². The summed E-state index contributed by atoms with van der Waals surface area (Å²) in [5, 5.41) is 21.3. The van der Waals surface area contributed by atoms with Crippen molar-refractivity contribution in [3.05, 3.63) is 60.2 Å². The minimum absolute atomic E-state index is 0.537. The Morgan fingerprint density at radius 2 is 1.85 bits per heavy atom. The lowest BCUT2D eigenvalue weighted by Gasteiger charge is -2.04. The Labute approximate surface area is 119 Å². The predicted octanol–water partition coefficient (Wildman–Crippen LogP) is 2.96. The second-order valence-electron chi connectivity index (χ2n) is 4.12. The van der Waals surface area contributed by atoms with Crippen molar-refractivity contribution in [2.45, 2.75) is 5.88 Å². The van der Waals surface area contributed by atoms with Crippen molar-refractivity contribution < 1.29 is 5.21 Å². The first kappa shape index (κ1) is 12.7. The molecule has 2 aromatic carbocycles. The van der Waals surface area contributed by atoms with E-state index >= 15 is 0 Å². The summed E-state index contributed by atoms with van der Waals surface area (Å²) in [6.45, 7) is 0. The Hall–Kier alpha value is -2.34. The molecule has 0 aliphatic heterocycles. The van der Waals surface area contributed by atoms with Crippen molar-refractivity contribution in [3.8, 4) is 0 Å². The van der Waals surface area contributed by atoms with Crippen molar-refractivity contribution >= 4 is 27.8 Å². The summed E-state index contributed by atoms with van der Waals surface area (Å²) >= 11 is 1.41. The van der Waals surface area contributed by atoms with Crippen LogP contribution in [0.1, 0.15) is 5.56 Å². The fourth-order valence-electron chi connectivity index (χ4n) is 1.89. The van der Waals surface area contributed by atoms with Crippen LogP contribution in [0.4, 0.5) is 0 Å². The van der Waals surface area contributed by atoms with Gasteiger partial charge in [-0.2, -0.15) is 0 Å². The van der Waals surface area contributed by atoms with Gasteiger partial charge in [-0.1, -0.05) is 64.6 Å². The number of nitrogens with zero attached hydrogens (tertiary/aromatic N) is 4. The Balaban J connectivity index is 1.79. The highest BCUT2D eigenvalue weighted by Gasteiger charge is 2.08. The van der Waals surface area contributed by atoms with Crippen LogP contribution in [-0.2, 0) is 5.88 Å². The van der Waals surface area contributed by atoms with Gasteiger partial charge in [0.2, 0.25) is 0 Å². The summed E-state index contributed by atoms with van der Waals surface area (Å²) in [6.07, 6.45) is 0. The summed E-state index contributed by atoms with van der Waals surface area (Å²) in [5.41, 5.74) is 2.70. The summed E-state index contributed by atoms with van der Waals surface area (Å²) in [4.78, 5) is 0. The van der Waals surface area contributed by atoms with Crippen LogP contribution in [0, 0.1) is 0 Å². The van der Waals surface area contributed by atoms with Crippen molar-refractivity contribution in [1.82, 2.24) is 15.0 Å². The molecule has 0 aliphatic carbocycles. The zero-order valence-electron chi connectivity index (χ0n) is 10.5. The van der Waals surface area contributed by atoms with Crippen LogP contribution < -0.4 is 0 Å². The molecule has 1 N–H and O–H groups in total. The molecule has 0 unspecified atom stereocenters. The van der Waals surface area contributed by atoms with Crippen molar-refractivity contribution in [2.24, 2.45) is 5.16 Å². The molecule has 3 aromatic rings. The van der Waals surface area contributed by atoms with Gasteiger partial charge in [-0.15, -0.1) is 5.10 Å². The van der Waals surface area contributed by atoms with Gasteiger partial charge in [-0.25, -0.2) is 4.68 Å². The van der Waals surface area contributed by atoms with E-state index in [4.69, 9.17) is 5.21 Å². The van der Waals surface area contributed by atoms with Gasteiger partial charge in [-0.3, -0.25) is 0 Å². The summed E-state index contributed by atoms with van der Waals surface area (Å²) in [6, 6.07) is 17.3. The minimum atomic E-state index is 0.537. The molecule has 0 saturated carbocycles. The van der Waals surface area contributed by atoms with Crippen LogP contribution in [0.5, 0.6) is 0 Å². The van der Waals surface area contributed by atoms with Gasteiger partial charge in [0.1, 0.15) is 10.6 Å². The van der Waals surface area contributed by atoms with Gasteiger partial charge < -0.3 is 5.21 Å². The third kappa shape index (κ3) is 2.50. The van der Waals surface area contributed by atoms with Gasteiger partial charge in [-0.05, 0) is 12.1 Å². The molecule has 0 fully saturated rings.